The highest BCUT2D eigenvalue weighted by molar-refractivity contribution is 6.06. The van der Waals surface area contributed by atoms with E-state index in [0.29, 0.717) is 24.2 Å². The highest BCUT2D eigenvalue weighted by Gasteiger charge is 2.21. The fourth-order valence-corrected chi connectivity index (χ4v) is 1.93. The molecule has 0 spiro atoms. The molecule has 1 aromatic carbocycles. The predicted molar refractivity (Wildman–Crippen MR) is 71.3 cm³/mol. The molecule has 0 aliphatic carbocycles. The van der Waals surface area contributed by atoms with Gasteiger partial charge in [0.25, 0.3) is 5.91 Å². The highest BCUT2D eigenvalue weighted by Crippen LogP contribution is 2.22. The van der Waals surface area contributed by atoms with E-state index >= 15 is 0 Å². The summed E-state index contributed by atoms with van der Waals surface area (Å²) in [5.41, 5.74) is 6.03. The molecule has 0 fully saturated rings. The van der Waals surface area contributed by atoms with Crippen molar-refractivity contribution in [2.75, 3.05) is 11.1 Å². The number of amides is 1. The normalized spacial score (nSPS) is 10.7. The predicted octanol–water partition coefficient (Wildman–Crippen LogP) is 2.23. The number of nitrogen functional groups attached to an aromatic ring is 1. The van der Waals surface area contributed by atoms with Gasteiger partial charge in [0.05, 0.1) is 17.1 Å². The van der Waals surface area contributed by atoms with E-state index in [1.807, 2.05) is 6.92 Å². The molecular weight excluding hydrogens is 285 g/mol. The summed E-state index contributed by atoms with van der Waals surface area (Å²) in [6, 6.07) is 0.922. The van der Waals surface area contributed by atoms with Gasteiger partial charge >= 0.3 is 0 Å². The second-order valence-corrected chi connectivity index (χ2v) is 4.39. The summed E-state index contributed by atoms with van der Waals surface area (Å²) in [6.45, 7) is 1.81. The molecule has 1 heterocycles. The molecule has 0 unspecified atom stereocenters. The van der Waals surface area contributed by atoms with Crippen molar-refractivity contribution in [2.45, 2.75) is 13.3 Å². The summed E-state index contributed by atoms with van der Waals surface area (Å²) in [4.78, 5) is 12.1. The van der Waals surface area contributed by atoms with Crippen molar-refractivity contribution in [3.05, 3.63) is 41.0 Å². The van der Waals surface area contributed by atoms with Crippen molar-refractivity contribution in [3.8, 4) is 0 Å². The van der Waals surface area contributed by atoms with Gasteiger partial charge in [-0.3, -0.25) is 9.48 Å². The first kappa shape index (κ1) is 14.9. The van der Waals surface area contributed by atoms with Gasteiger partial charge < -0.3 is 11.1 Å². The van der Waals surface area contributed by atoms with Gasteiger partial charge in [0.15, 0.2) is 11.6 Å². The number of carbonyl (C=O) groups excluding carboxylic acids is 1. The van der Waals surface area contributed by atoms with Crippen molar-refractivity contribution in [1.29, 1.82) is 0 Å². The zero-order valence-corrected chi connectivity index (χ0v) is 11.4. The van der Waals surface area contributed by atoms with Gasteiger partial charge in [0, 0.05) is 19.2 Å². The van der Waals surface area contributed by atoms with Crippen molar-refractivity contribution < 1.29 is 18.0 Å². The minimum absolute atomic E-state index is 0.0241. The monoisotopic (exact) mass is 298 g/mol. The molecule has 0 radical (unpaired) electrons. The molecule has 0 saturated heterocycles. The number of carbonyl (C=O) groups is 1. The Bertz CT molecular complexity index is 712. The highest BCUT2D eigenvalue weighted by atomic mass is 19.2. The summed E-state index contributed by atoms with van der Waals surface area (Å²) >= 11 is 0. The van der Waals surface area contributed by atoms with E-state index in [0.717, 1.165) is 0 Å². The van der Waals surface area contributed by atoms with E-state index in [2.05, 4.69) is 10.4 Å². The average molecular weight is 298 g/mol. The SMILES string of the molecule is CCc1nn(C)c(C(=O)Nc2cc(F)c(F)cc2F)c1N. The lowest BCUT2D eigenvalue weighted by atomic mass is 10.2. The number of aromatic nitrogens is 2. The van der Waals surface area contributed by atoms with Crippen molar-refractivity contribution >= 4 is 17.3 Å². The van der Waals surface area contributed by atoms with E-state index in [-0.39, 0.29) is 11.4 Å². The van der Waals surface area contributed by atoms with E-state index in [1.165, 1.54) is 11.7 Å². The Hall–Kier alpha value is -2.51. The Morgan fingerprint density at radius 2 is 1.90 bits per heavy atom. The van der Waals surface area contributed by atoms with Gasteiger partial charge in [-0.25, -0.2) is 13.2 Å². The standard InChI is InChI=1S/C13H13F3N4O/c1-3-9-11(17)12(20(2)19-9)13(21)18-10-5-7(15)6(14)4-8(10)16/h4-5H,3,17H2,1-2H3,(H,18,21). The number of benzene rings is 1. The second kappa shape index (κ2) is 5.47. The molecular formula is C13H13F3N4O. The third-order valence-electron chi connectivity index (χ3n) is 2.97. The van der Waals surface area contributed by atoms with Crippen molar-refractivity contribution in [2.24, 2.45) is 7.05 Å². The van der Waals surface area contributed by atoms with Crippen LogP contribution in [0.5, 0.6) is 0 Å². The molecule has 2 aromatic rings. The van der Waals surface area contributed by atoms with Gasteiger partial charge in [-0.15, -0.1) is 0 Å². The van der Waals surface area contributed by atoms with Crippen LogP contribution in [-0.4, -0.2) is 15.7 Å². The Balaban J connectivity index is 2.35. The van der Waals surface area contributed by atoms with Crippen LogP contribution in [0.1, 0.15) is 23.1 Å². The third kappa shape index (κ3) is 2.69. The molecule has 0 saturated carbocycles. The summed E-state index contributed by atoms with van der Waals surface area (Å²) in [7, 11) is 1.51. The van der Waals surface area contributed by atoms with Crippen molar-refractivity contribution in [1.82, 2.24) is 9.78 Å². The number of nitrogens with zero attached hydrogens (tertiary/aromatic N) is 2. The summed E-state index contributed by atoms with van der Waals surface area (Å²) in [5.74, 6) is -4.44. The van der Waals surface area contributed by atoms with Gasteiger partial charge in [0.2, 0.25) is 0 Å². The first-order valence-electron chi connectivity index (χ1n) is 6.12. The van der Waals surface area contributed by atoms with Crippen LogP contribution in [0.4, 0.5) is 24.5 Å². The Kier molecular flexibility index (Phi) is 3.88. The van der Waals surface area contributed by atoms with Crippen LogP contribution in [0.2, 0.25) is 0 Å². The molecule has 5 nitrogen and oxygen atoms in total. The van der Waals surface area contributed by atoms with E-state index in [9.17, 15) is 18.0 Å². The molecule has 0 aliphatic heterocycles. The maximum atomic E-state index is 13.5. The first-order valence-corrected chi connectivity index (χ1v) is 6.12. The molecule has 0 aliphatic rings. The Morgan fingerprint density at radius 3 is 2.48 bits per heavy atom. The van der Waals surface area contributed by atoms with Crippen molar-refractivity contribution in [3.63, 3.8) is 0 Å². The number of nitrogens with two attached hydrogens (primary N) is 1. The van der Waals surface area contributed by atoms with Crippen LogP contribution in [0.15, 0.2) is 12.1 Å². The van der Waals surface area contributed by atoms with E-state index in [4.69, 9.17) is 5.73 Å². The molecule has 3 N–H and O–H groups in total. The topological polar surface area (TPSA) is 72.9 Å². The molecule has 112 valence electrons. The Morgan fingerprint density at radius 1 is 1.29 bits per heavy atom. The number of anilines is 2. The zero-order chi connectivity index (χ0) is 15.7. The smallest absolute Gasteiger partial charge is 0.276 e. The lowest BCUT2D eigenvalue weighted by Crippen LogP contribution is -2.18. The van der Waals surface area contributed by atoms with Gasteiger partial charge in [-0.05, 0) is 6.42 Å². The lowest BCUT2D eigenvalue weighted by Gasteiger charge is -2.08. The molecule has 0 bridgehead atoms. The summed E-state index contributed by atoms with van der Waals surface area (Å²) in [6.07, 6.45) is 0.520. The van der Waals surface area contributed by atoms with Crippen LogP contribution in [0, 0.1) is 17.5 Å². The fraction of sp³-hybridized carbons (Fsp3) is 0.231. The van der Waals surface area contributed by atoms with E-state index in [1.54, 1.807) is 0 Å². The minimum Gasteiger partial charge on any atom is -0.395 e. The van der Waals surface area contributed by atoms with Crippen LogP contribution >= 0.6 is 0 Å². The van der Waals surface area contributed by atoms with Crippen LogP contribution in [0.3, 0.4) is 0 Å². The number of hydrogen-bond donors (Lipinski definition) is 2. The van der Waals surface area contributed by atoms with Crippen LogP contribution < -0.4 is 11.1 Å². The molecule has 21 heavy (non-hydrogen) atoms. The number of aryl methyl sites for hydroxylation is 2. The fourth-order valence-electron chi connectivity index (χ4n) is 1.93. The number of rotatable bonds is 3. The zero-order valence-electron chi connectivity index (χ0n) is 11.4. The number of halogens is 3. The molecule has 8 heteroatoms. The average Bonchev–Trinajstić information content (AvgIpc) is 2.70. The van der Waals surface area contributed by atoms with Gasteiger partial charge in [-0.1, -0.05) is 6.92 Å². The third-order valence-corrected chi connectivity index (χ3v) is 2.97. The maximum absolute atomic E-state index is 13.5. The first-order chi connectivity index (χ1) is 9.85. The minimum atomic E-state index is -1.33. The Labute approximate surface area is 118 Å². The van der Waals surface area contributed by atoms with Crippen LogP contribution in [-0.2, 0) is 13.5 Å². The number of hydrogen-bond acceptors (Lipinski definition) is 3. The summed E-state index contributed by atoms with van der Waals surface area (Å²) < 4.78 is 40.7. The molecule has 0 atom stereocenters. The lowest BCUT2D eigenvalue weighted by molar-refractivity contribution is 0.101. The molecule has 2 rings (SSSR count). The number of nitrogens with one attached hydrogen (secondary N) is 1. The molecule has 1 amide bonds. The second-order valence-electron chi connectivity index (χ2n) is 4.39. The van der Waals surface area contributed by atoms with Crippen LogP contribution in [0.25, 0.3) is 0 Å². The largest absolute Gasteiger partial charge is 0.395 e. The maximum Gasteiger partial charge on any atom is 0.276 e. The van der Waals surface area contributed by atoms with Gasteiger partial charge in [0.1, 0.15) is 11.5 Å². The van der Waals surface area contributed by atoms with E-state index < -0.39 is 29.0 Å². The summed E-state index contributed by atoms with van der Waals surface area (Å²) in [5, 5.41) is 6.20. The van der Waals surface area contributed by atoms with Gasteiger partial charge in [-0.2, -0.15) is 5.10 Å². The molecule has 1 aromatic heterocycles. The quantitative estimate of drug-likeness (QED) is 0.853.